The minimum atomic E-state index is -0.350. The van der Waals surface area contributed by atoms with E-state index in [1.807, 2.05) is 0 Å². The van der Waals surface area contributed by atoms with Crippen LogP contribution in [0.25, 0.3) is 0 Å². The van der Waals surface area contributed by atoms with Crippen LogP contribution in [-0.4, -0.2) is 36.4 Å². The molecule has 1 fully saturated rings. The van der Waals surface area contributed by atoms with Gasteiger partial charge in [0.15, 0.2) is 0 Å². The first-order chi connectivity index (χ1) is 9.13. The van der Waals surface area contributed by atoms with E-state index in [0.717, 1.165) is 12.8 Å². The van der Waals surface area contributed by atoms with Crippen LogP contribution < -0.4 is 5.32 Å². The summed E-state index contributed by atoms with van der Waals surface area (Å²) in [5.74, 6) is 0.0463. The summed E-state index contributed by atoms with van der Waals surface area (Å²) in [6.45, 7) is 3.32. The molecule has 19 heavy (non-hydrogen) atoms. The van der Waals surface area contributed by atoms with Crippen LogP contribution in [0.5, 0.6) is 0 Å². The average Bonchev–Trinajstić information content (AvgIpc) is 2.97. The van der Waals surface area contributed by atoms with Gasteiger partial charge in [-0.05, 0) is 38.3 Å². The molecule has 0 bridgehead atoms. The number of carbonyl (C=O) groups excluding carboxylic acids is 1. The van der Waals surface area contributed by atoms with Gasteiger partial charge in [-0.1, -0.05) is 0 Å². The zero-order valence-electron chi connectivity index (χ0n) is 11.3. The van der Waals surface area contributed by atoms with Gasteiger partial charge < -0.3 is 15.2 Å². The number of hydrogen-bond acceptors (Lipinski definition) is 4. The van der Waals surface area contributed by atoms with Crippen LogP contribution in [0.2, 0.25) is 0 Å². The summed E-state index contributed by atoms with van der Waals surface area (Å²) in [5, 5.41) is 12.2. The van der Waals surface area contributed by atoms with Gasteiger partial charge in [0.1, 0.15) is 0 Å². The molecule has 1 saturated heterocycles. The molecule has 4 nitrogen and oxygen atoms in total. The number of ether oxygens (including phenoxy) is 1. The molecule has 0 spiro atoms. The van der Waals surface area contributed by atoms with Crippen molar-refractivity contribution in [1.82, 2.24) is 5.32 Å². The minimum Gasteiger partial charge on any atom is -0.396 e. The van der Waals surface area contributed by atoms with E-state index in [2.05, 4.69) is 24.4 Å². The van der Waals surface area contributed by atoms with Crippen molar-refractivity contribution >= 4 is 17.2 Å². The first-order valence-corrected chi connectivity index (χ1v) is 7.50. The molecule has 5 heteroatoms. The van der Waals surface area contributed by atoms with Crippen LogP contribution in [0.15, 0.2) is 12.1 Å². The molecule has 0 saturated carbocycles. The number of aryl methyl sites for hydroxylation is 2. The molecule has 0 aromatic carbocycles. The van der Waals surface area contributed by atoms with Gasteiger partial charge in [-0.25, -0.2) is 0 Å². The lowest BCUT2D eigenvalue weighted by Crippen LogP contribution is -2.49. The van der Waals surface area contributed by atoms with Gasteiger partial charge in [0.2, 0.25) is 5.91 Å². The van der Waals surface area contributed by atoms with Crippen molar-refractivity contribution in [3.05, 3.63) is 21.9 Å². The summed E-state index contributed by atoms with van der Waals surface area (Å²) in [5.41, 5.74) is -0.350. The molecule has 0 radical (unpaired) electrons. The third-order valence-electron chi connectivity index (χ3n) is 3.49. The Morgan fingerprint density at radius 1 is 1.58 bits per heavy atom. The molecule has 1 unspecified atom stereocenters. The Labute approximate surface area is 117 Å². The van der Waals surface area contributed by atoms with Crippen molar-refractivity contribution in [3.8, 4) is 0 Å². The molecule has 1 aromatic rings. The topological polar surface area (TPSA) is 58.6 Å². The standard InChI is InChI=1S/C14H21NO3S/c1-11-2-3-12(19-11)4-5-13(17)15-14(6-8-16)7-9-18-10-14/h2-3,16H,4-10H2,1H3,(H,15,17). The van der Waals surface area contributed by atoms with Gasteiger partial charge in [-0.2, -0.15) is 0 Å². The summed E-state index contributed by atoms with van der Waals surface area (Å²) < 4.78 is 5.36. The van der Waals surface area contributed by atoms with Crippen molar-refractivity contribution < 1.29 is 14.6 Å². The van der Waals surface area contributed by atoms with E-state index in [0.29, 0.717) is 26.1 Å². The molecule has 2 rings (SSSR count). The summed E-state index contributed by atoms with van der Waals surface area (Å²) in [7, 11) is 0. The second-order valence-corrected chi connectivity index (χ2v) is 6.49. The lowest BCUT2D eigenvalue weighted by molar-refractivity contribution is -0.123. The van der Waals surface area contributed by atoms with E-state index in [9.17, 15) is 4.79 Å². The van der Waals surface area contributed by atoms with Gasteiger partial charge in [-0.3, -0.25) is 4.79 Å². The molecule has 2 heterocycles. The third kappa shape index (κ3) is 4.03. The van der Waals surface area contributed by atoms with Crippen molar-refractivity contribution in [2.75, 3.05) is 19.8 Å². The lowest BCUT2D eigenvalue weighted by atomic mass is 9.94. The van der Waals surface area contributed by atoms with E-state index in [1.54, 1.807) is 11.3 Å². The molecule has 106 valence electrons. The normalized spacial score (nSPS) is 22.6. The molecule has 1 aliphatic heterocycles. The number of hydrogen-bond donors (Lipinski definition) is 2. The van der Waals surface area contributed by atoms with Crippen LogP contribution in [0.1, 0.15) is 29.0 Å². The number of amides is 1. The van der Waals surface area contributed by atoms with E-state index in [4.69, 9.17) is 9.84 Å². The summed E-state index contributed by atoms with van der Waals surface area (Å²) in [4.78, 5) is 14.5. The van der Waals surface area contributed by atoms with E-state index >= 15 is 0 Å². The Balaban J connectivity index is 1.82. The highest BCUT2D eigenvalue weighted by Gasteiger charge is 2.35. The zero-order valence-corrected chi connectivity index (χ0v) is 12.1. The SMILES string of the molecule is Cc1ccc(CCC(=O)NC2(CCO)CCOC2)s1. The Morgan fingerprint density at radius 3 is 3.00 bits per heavy atom. The van der Waals surface area contributed by atoms with Crippen LogP contribution >= 0.6 is 11.3 Å². The molecule has 2 N–H and O–H groups in total. The molecule has 1 aliphatic rings. The highest BCUT2D eigenvalue weighted by Crippen LogP contribution is 2.23. The van der Waals surface area contributed by atoms with Crippen LogP contribution in [-0.2, 0) is 16.0 Å². The predicted molar refractivity (Wildman–Crippen MR) is 75.4 cm³/mol. The summed E-state index contributed by atoms with van der Waals surface area (Å²) >= 11 is 1.74. The van der Waals surface area contributed by atoms with Crippen molar-refractivity contribution in [2.45, 2.75) is 38.1 Å². The quantitative estimate of drug-likeness (QED) is 0.834. The molecular formula is C14H21NO3S. The van der Waals surface area contributed by atoms with E-state index < -0.39 is 0 Å². The fraction of sp³-hybridized carbons (Fsp3) is 0.643. The number of carbonyl (C=O) groups is 1. The molecule has 1 aromatic heterocycles. The first-order valence-electron chi connectivity index (χ1n) is 6.68. The van der Waals surface area contributed by atoms with Crippen LogP contribution in [0.4, 0.5) is 0 Å². The summed E-state index contributed by atoms with van der Waals surface area (Å²) in [6, 6.07) is 4.16. The van der Waals surface area contributed by atoms with Gasteiger partial charge in [0, 0.05) is 29.4 Å². The number of aliphatic hydroxyl groups is 1. The highest BCUT2D eigenvalue weighted by molar-refractivity contribution is 7.11. The van der Waals surface area contributed by atoms with Gasteiger partial charge in [0.25, 0.3) is 0 Å². The monoisotopic (exact) mass is 283 g/mol. The van der Waals surface area contributed by atoms with Gasteiger partial charge >= 0.3 is 0 Å². The Bertz CT molecular complexity index is 424. The maximum Gasteiger partial charge on any atom is 0.220 e. The predicted octanol–water partition coefficient (Wildman–Crippen LogP) is 1.65. The minimum absolute atomic E-state index is 0.0463. The Morgan fingerprint density at radius 2 is 2.42 bits per heavy atom. The zero-order chi connectivity index (χ0) is 13.7. The molecule has 1 amide bonds. The van der Waals surface area contributed by atoms with Gasteiger partial charge in [-0.15, -0.1) is 11.3 Å². The Kier molecular flexibility index (Phi) is 4.96. The van der Waals surface area contributed by atoms with Gasteiger partial charge in [0.05, 0.1) is 12.1 Å². The van der Waals surface area contributed by atoms with Crippen molar-refractivity contribution in [2.24, 2.45) is 0 Å². The molecule has 0 aliphatic carbocycles. The van der Waals surface area contributed by atoms with Crippen LogP contribution in [0, 0.1) is 6.92 Å². The lowest BCUT2D eigenvalue weighted by Gasteiger charge is -2.28. The summed E-state index contributed by atoms with van der Waals surface area (Å²) in [6.07, 6.45) is 2.63. The smallest absolute Gasteiger partial charge is 0.220 e. The number of rotatable bonds is 6. The number of thiophene rings is 1. The second kappa shape index (κ2) is 6.50. The largest absolute Gasteiger partial charge is 0.396 e. The average molecular weight is 283 g/mol. The second-order valence-electron chi connectivity index (χ2n) is 5.12. The fourth-order valence-electron chi connectivity index (χ4n) is 2.39. The number of nitrogens with one attached hydrogen (secondary N) is 1. The third-order valence-corrected chi connectivity index (χ3v) is 4.55. The van der Waals surface area contributed by atoms with E-state index in [-0.39, 0.29) is 18.1 Å². The van der Waals surface area contributed by atoms with E-state index in [1.165, 1.54) is 9.75 Å². The highest BCUT2D eigenvalue weighted by atomic mass is 32.1. The molecular weight excluding hydrogens is 262 g/mol. The maximum atomic E-state index is 12.0. The number of aliphatic hydroxyl groups excluding tert-OH is 1. The van der Waals surface area contributed by atoms with Crippen LogP contribution in [0.3, 0.4) is 0 Å². The van der Waals surface area contributed by atoms with Crippen molar-refractivity contribution in [3.63, 3.8) is 0 Å². The fourth-order valence-corrected chi connectivity index (χ4v) is 3.28. The Hall–Kier alpha value is -0.910. The maximum absolute atomic E-state index is 12.0. The van der Waals surface area contributed by atoms with Crippen molar-refractivity contribution in [1.29, 1.82) is 0 Å². The first kappa shape index (κ1) is 14.5. The molecule has 1 atom stereocenters.